The van der Waals surface area contributed by atoms with E-state index in [1.807, 2.05) is 24.3 Å². The van der Waals surface area contributed by atoms with Gasteiger partial charge < -0.3 is 5.32 Å². The number of halogens is 1. The standard InChI is InChI=1S/C16H17ClN2O/c17-13-8-4-5-11(9-13)10-14-16(20)19-15(18-14)12-6-2-1-3-7-12/h4-5,8-10,12H,1-3,6-7H2,(H,18,19,20)/b14-10+. The molecule has 1 fully saturated rings. The Morgan fingerprint density at radius 3 is 2.80 bits per heavy atom. The smallest absolute Gasteiger partial charge is 0.275 e. The SMILES string of the molecule is O=C1NC(C2CCCCC2)=N/C1=C/c1cccc(Cl)c1. The van der Waals surface area contributed by atoms with Gasteiger partial charge in [-0.3, -0.25) is 4.79 Å². The molecule has 1 aliphatic heterocycles. The van der Waals surface area contributed by atoms with Crippen LogP contribution in [0.15, 0.2) is 35.0 Å². The van der Waals surface area contributed by atoms with Crippen LogP contribution >= 0.6 is 11.6 Å². The average molecular weight is 289 g/mol. The molecule has 1 aromatic rings. The molecule has 0 radical (unpaired) electrons. The van der Waals surface area contributed by atoms with Crippen molar-refractivity contribution >= 4 is 29.4 Å². The van der Waals surface area contributed by atoms with Gasteiger partial charge in [-0.05, 0) is 36.6 Å². The molecule has 1 saturated carbocycles. The number of carbonyl (C=O) groups is 1. The van der Waals surface area contributed by atoms with Crippen molar-refractivity contribution in [2.24, 2.45) is 10.9 Å². The molecule has 0 aromatic heterocycles. The summed E-state index contributed by atoms with van der Waals surface area (Å²) in [5, 5.41) is 3.58. The number of hydrogen-bond acceptors (Lipinski definition) is 2. The van der Waals surface area contributed by atoms with Crippen LogP contribution in [0.3, 0.4) is 0 Å². The average Bonchev–Trinajstić information content (AvgIpc) is 2.81. The molecule has 0 bridgehead atoms. The van der Waals surface area contributed by atoms with E-state index < -0.39 is 0 Å². The van der Waals surface area contributed by atoms with Crippen molar-refractivity contribution in [3.05, 3.63) is 40.5 Å². The highest BCUT2D eigenvalue weighted by Gasteiger charge is 2.27. The van der Waals surface area contributed by atoms with Crippen molar-refractivity contribution in [1.29, 1.82) is 0 Å². The summed E-state index contributed by atoms with van der Waals surface area (Å²) in [5.74, 6) is 1.16. The summed E-state index contributed by atoms with van der Waals surface area (Å²) in [6.07, 6.45) is 7.80. The highest BCUT2D eigenvalue weighted by atomic mass is 35.5. The Balaban J connectivity index is 1.82. The van der Waals surface area contributed by atoms with Gasteiger partial charge in [0, 0.05) is 10.9 Å². The Morgan fingerprint density at radius 2 is 2.05 bits per heavy atom. The molecular weight excluding hydrogens is 272 g/mol. The summed E-state index contributed by atoms with van der Waals surface area (Å²) in [5.41, 5.74) is 1.38. The predicted octanol–water partition coefficient (Wildman–Crippen LogP) is 3.79. The lowest BCUT2D eigenvalue weighted by Gasteiger charge is -2.20. The number of rotatable bonds is 2. The summed E-state index contributed by atoms with van der Waals surface area (Å²) in [4.78, 5) is 16.5. The molecule has 2 aliphatic rings. The number of benzene rings is 1. The van der Waals surface area contributed by atoms with Crippen LogP contribution in [0.25, 0.3) is 6.08 Å². The first-order valence-electron chi connectivity index (χ1n) is 7.09. The van der Waals surface area contributed by atoms with Crippen molar-refractivity contribution in [3.8, 4) is 0 Å². The fourth-order valence-corrected chi connectivity index (χ4v) is 3.01. The van der Waals surface area contributed by atoms with Gasteiger partial charge in [-0.25, -0.2) is 4.99 Å². The third-order valence-corrected chi connectivity index (χ3v) is 4.09. The van der Waals surface area contributed by atoms with Gasteiger partial charge in [0.15, 0.2) is 0 Å². The second-order valence-electron chi connectivity index (χ2n) is 5.37. The first-order valence-corrected chi connectivity index (χ1v) is 7.47. The Hall–Kier alpha value is -1.61. The van der Waals surface area contributed by atoms with Crippen LogP contribution in [0, 0.1) is 5.92 Å². The lowest BCUT2D eigenvalue weighted by atomic mass is 9.88. The van der Waals surface area contributed by atoms with Gasteiger partial charge in [0.05, 0.1) is 0 Å². The van der Waals surface area contributed by atoms with E-state index in [1.54, 1.807) is 6.08 Å². The van der Waals surface area contributed by atoms with E-state index in [9.17, 15) is 4.79 Å². The zero-order valence-electron chi connectivity index (χ0n) is 11.2. The third-order valence-electron chi connectivity index (χ3n) is 3.86. The van der Waals surface area contributed by atoms with Crippen LogP contribution in [0.1, 0.15) is 37.7 Å². The lowest BCUT2D eigenvalue weighted by Crippen LogP contribution is -2.31. The quantitative estimate of drug-likeness (QED) is 0.827. The number of nitrogens with zero attached hydrogens (tertiary/aromatic N) is 1. The summed E-state index contributed by atoms with van der Waals surface area (Å²) < 4.78 is 0. The van der Waals surface area contributed by atoms with Crippen LogP contribution in [0.2, 0.25) is 5.02 Å². The minimum atomic E-state index is -0.106. The number of nitrogens with one attached hydrogen (secondary N) is 1. The molecule has 104 valence electrons. The topological polar surface area (TPSA) is 41.5 Å². The first-order chi connectivity index (χ1) is 9.72. The molecule has 0 atom stereocenters. The normalized spacial score (nSPS) is 21.9. The van der Waals surface area contributed by atoms with Crippen molar-refractivity contribution in [3.63, 3.8) is 0 Å². The molecule has 1 aromatic carbocycles. The van der Waals surface area contributed by atoms with Crippen molar-refractivity contribution < 1.29 is 4.79 Å². The Bertz CT molecular complexity index is 586. The highest BCUT2D eigenvalue weighted by Crippen LogP contribution is 2.27. The van der Waals surface area contributed by atoms with Crippen LogP contribution < -0.4 is 5.32 Å². The number of amidine groups is 1. The zero-order valence-corrected chi connectivity index (χ0v) is 12.0. The molecule has 0 unspecified atom stereocenters. The van der Waals surface area contributed by atoms with Gasteiger partial charge in [0.1, 0.15) is 11.5 Å². The molecule has 20 heavy (non-hydrogen) atoms. The molecule has 3 nitrogen and oxygen atoms in total. The highest BCUT2D eigenvalue weighted by molar-refractivity contribution is 6.30. The zero-order chi connectivity index (χ0) is 13.9. The van der Waals surface area contributed by atoms with Crippen LogP contribution in [-0.4, -0.2) is 11.7 Å². The van der Waals surface area contributed by atoms with E-state index in [-0.39, 0.29) is 5.91 Å². The van der Waals surface area contributed by atoms with Crippen LogP contribution in [0.5, 0.6) is 0 Å². The Kier molecular flexibility index (Phi) is 3.88. The number of hydrogen-bond donors (Lipinski definition) is 1. The van der Waals surface area contributed by atoms with Crippen molar-refractivity contribution in [2.75, 3.05) is 0 Å². The number of amides is 1. The van der Waals surface area contributed by atoms with Crippen molar-refractivity contribution in [2.45, 2.75) is 32.1 Å². The molecule has 4 heteroatoms. The second kappa shape index (κ2) is 5.80. The van der Waals surface area contributed by atoms with Crippen LogP contribution in [-0.2, 0) is 4.79 Å². The number of carbonyl (C=O) groups excluding carboxylic acids is 1. The van der Waals surface area contributed by atoms with Gasteiger partial charge in [0.25, 0.3) is 5.91 Å². The van der Waals surface area contributed by atoms with Gasteiger partial charge >= 0.3 is 0 Å². The summed E-state index contributed by atoms with van der Waals surface area (Å²) in [6.45, 7) is 0. The summed E-state index contributed by atoms with van der Waals surface area (Å²) in [7, 11) is 0. The maximum Gasteiger partial charge on any atom is 0.275 e. The Labute approximate surface area is 123 Å². The van der Waals surface area contributed by atoms with E-state index in [0.717, 1.165) is 24.2 Å². The fraction of sp³-hybridized carbons (Fsp3) is 0.375. The summed E-state index contributed by atoms with van der Waals surface area (Å²) >= 11 is 5.95. The monoisotopic (exact) mass is 288 g/mol. The molecule has 1 aliphatic carbocycles. The minimum absolute atomic E-state index is 0.106. The molecule has 1 N–H and O–H groups in total. The van der Waals surface area contributed by atoms with Gasteiger partial charge in [0.2, 0.25) is 0 Å². The third kappa shape index (κ3) is 2.93. The van der Waals surface area contributed by atoms with Crippen LogP contribution in [0.4, 0.5) is 0 Å². The maximum absolute atomic E-state index is 12.0. The van der Waals surface area contributed by atoms with Gasteiger partial charge in [-0.1, -0.05) is 43.0 Å². The second-order valence-corrected chi connectivity index (χ2v) is 5.81. The molecule has 0 spiro atoms. The van der Waals surface area contributed by atoms with E-state index in [1.165, 1.54) is 19.3 Å². The largest absolute Gasteiger partial charge is 0.308 e. The van der Waals surface area contributed by atoms with E-state index in [0.29, 0.717) is 16.6 Å². The lowest BCUT2D eigenvalue weighted by molar-refractivity contribution is -0.115. The minimum Gasteiger partial charge on any atom is -0.308 e. The van der Waals surface area contributed by atoms with Crippen molar-refractivity contribution in [1.82, 2.24) is 5.32 Å². The van der Waals surface area contributed by atoms with Gasteiger partial charge in [-0.2, -0.15) is 0 Å². The Morgan fingerprint density at radius 1 is 1.25 bits per heavy atom. The maximum atomic E-state index is 12.0. The molecule has 1 heterocycles. The van der Waals surface area contributed by atoms with E-state index >= 15 is 0 Å². The molecule has 0 saturated heterocycles. The summed E-state index contributed by atoms with van der Waals surface area (Å²) in [6, 6.07) is 7.43. The molecular formula is C16H17ClN2O. The first kappa shape index (κ1) is 13.4. The molecule has 3 rings (SSSR count). The molecule has 1 amide bonds. The van der Waals surface area contributed by atoms with E-state index in [2.05, 4.69) is 10.3 Å². The van der Waals surface area contributed by atoms with Gasteiger partial charge in [-0.15, -0.1) is 0 Å². The number of aliphatic imine (C=N–C) groups is 1. The predicted molar refractivity (Wildman–Crippen MR) is 81.6 cm³/mol. The fourth-order valence-electron chi connectivity index (χ4n) is 2.81. The van der Waals surface area contributed by atoms with E-state index in [4.69, 9.17) is 11.6 Å².